The molecule has 7 heteroatoms. The molecule has 2 aromatic carbocycles. The van der Waals surface area contributed by atoms with Gasteiger partial charge in [-0.3, -0.25) is 4.79 Å². The van der Waals surface area contributed by atoms with Gasteiger partial charge in [0.1, 0.15) is 5.75 Å². The van der Waals surface area contributed by atoms with Crippen LogP contribution in [0.1, 0.15) is 36.9 Å². The lowest BCUT2D eigenvalue weighted by Gasteiger charge is -2.20. The fraction of sp³-hybridized carbons (Fsp3) is 0.381. The largest absolute Gasteiger partial charge is 0.497 e. The van der Waals surface area contributed by atoms with Crippen molar-refractivity contribution in [1.29, 1.82) is 0 Å². The number of hydrogen-bond donors (Lipinski definition) is 2. The fourth-order valence-electron chi connectivity index (χ4n) is 2.94. The molecule has 0 aliphatic heterocycles. The number of rotatable bonds is 10. The highest BCUT2D eigenvalue weighted by molar-refractivity contribution is 7.88. The van der Waals surface area contributed by atoms with Gasteiger partial charge in [0.2, 0.25) is 15.9 Å². The van der Waals surface area contributed by atoms with Crippen LogP contribution in [-0.2, 0) is 21.2 Å². The zero-order valence-corrected chi connectivity index (χ0v) is 17.3. The Kier molecular flexibility index (Phi) is 8.02. The second-order valence-corrected chi connectivity index (χ2v) is 8.69. The summed E-state index contributed by atoms with van der Waals surface area (Å²) in [5.41, 5.74) is 1.93. The molecule has 0 heterocycles. The number of ether oxygens (including phenoxy) is 1. The summed E-state index contributed by atoms with van der Waals surface area (Å²) in [7, 11) is -1.91. The van der Waals surface area contributed by atoms with Crippen molar-refractivity contribution in [3.05, 3.63) is 65.7 Å². The van der Waals surface area contributed by atoms with Gasteiger partial charge in [0.05, 0.1) is 19.4 Å². The van der Waals surface area contributed by atoms with Crippen LogP contribution in [0.25, 0.3) is 0 Å². The van der Waals surface area contributed by atoms with E-state index in [9.17, 15) is 13.2 Å². The van der Waals surface area contributed by atoms with E-state index in [0.29, 0.717) is 11.3 Å². The predicted octanol–water partition coefficient (Wildman–Crippen LogP) is 2.81. The molecule has 2 rings (SSSR count). The van der Waals surface area contributed by atoms with Crippen LogP contribution in [-0.4, -0.2) is 33.7 Å². The molecule has 0 fully saturated rings. The minimum Gasteiger partial charge on any atom is -0.497 e. The third-order valence-corrected chi connectivity index (χ3v) is 5.09. The maximum atomic E-state index is 12.5. The number of benzene rings is 2. The van der Waals surface area contributed by atoms with Crippen LogP contribution in [0.5, 0.6) is 5.75 Å². The molecule has 152 valence electrons. The van der Waals surface area contributed by atoms with Crippen molar-refractivity contribution in [3.63, 3.8) is 0 Å². The smallest absolute Gasteiger partial charge is 0.222 e. The number of aryl methyl sites for hydroxylation is 1. The number of nitrogens with one attached hydrogen (secondary N) is 2. The molecule has 0 aromatic heterocycles. The molecule has 0 aliphatic carbocycles. The number of carbonyl (C=O) groups is 1. The lowest BCUT2D eigenvalue weighted by molar-refractivity contribution is -0.122. The second-order valence-electron chi connectivity index (χ2n) is 6.91. The lowest BCUT2D eigenvalue weighted by atomic mass is 10.0. The number of hydrogen-bond acceptors (Lipinski definition) is 4. The SMILES string of the molecule is COc1ccc([C@@H](CC(=O)N[C@H](C)CCc2ccccc2)NS(C)(=O)=O)cc1. The maximum absolute atomic E-state index is 12.5. The molecule has 0 saturated heterocycles. The molecule has 6 nitrogen and oxygen atoms in total. The normalized spacial score (nSPS) is 13.5. The number of carbonyl (C=O) groups excluding carboxylic acids is 1. The van der Waals surface area contributed by atoms with E-state index in [1.807, 2.05) is 25.1 Å². The highest BCUT2D eigenvalue weighted by atomic mass is 32.2. The van der Waals surface area contributed by atoms with Crippen molar-refractivity contribution in [2.24, 2.45) is 0 Å². The number of methoxy groups -OCH3 is 1. The Balaban J connectivity index is 1.96. The van der Waals surface area contributed by atoms with Crippen LogP contribution in [0.4, 0.5) is 0 Å². The van der Waals surface area contributed by atoms with E-state index in [1.54, 1.807) is 31.4 Å². The zero-order valence-electron chi connectivity index (χ0n) is 16.5. The highest BCUT2D eigenvalue weighted by Gasteiger charge is 2.20. The summed E-state index contributed by atoms with van der Waals surface area (Å²) in [6, 6.07) is 16.4. The predicted molar refractivity (Wildman–Crippen MR) is 111 cm³/mol. The minimum absolute atomic E-state index is 0.0116. The molecule has 28 heavy (non-hydrogen) atoms. The Morgan fingerprint density at radius 1 is 1.07 bits per heavy atom. The first kappa shape index (κ1) is 21.9. The Morgan fingerprint density at radius 3 is 2.29 bits per heavy atom. The summed E-state index contributed by atoms with van der Waals surface area (Å²) in [5, 5.41) is 2.96. The van der Waals surface area contributed by atoms with Gasteiger partial charge < -0.3 is 10.1 Å². The first-order valence-corrected chi connectivity index (χ1v) is 11.1. The third kappa shape index (κ3) is 7.70. The van der Waals surface area contributed by atoms with E-state index in [4.69, 9.17) is 4.74 Å². The molecule has 0 radical (unpaired) electrons. The fourth-order valence-corrected chi connectivity index (χ4v) is 3.68. The Morgan fingerprint density at radius 2 is 1.71 bits per heavy atom. The van der Waals surface area contributed by atoms with Gasteiger partial charge in [-0.05, 0) is 43.0 Å². The Labute approximate surface area is 167 Å². The molecular formula is C21H28N2O4S. The Bertz CT molecular complexity index is 852. The van der Waals surface area contributed by atoms with E-state index in [2.05, 4.69) is 22.2 Å². The molecule has 0 aliphatic rings. The van der Waals surface area contributed by atoms with Gasteiger partial charge in [-0.1, -0.05) is 42.5 Å². The van der Waals surface area contributed by atoms with Gasteiger partial charge in [-0.25, -0.2) is 13.1 Å². The van der Waals surface area contributed by atoms with Crippen LogP contribution in [0.3, 0.4) is 0 Å². The van der Waals surface area contributed by atoms with Gasteiger partial charge in [0.15, 0.2) is 0 Å². The average Bonchev–Trinajstić information content (AvgIpc) is 2.65. The molecule has 2 atom stereocenters. The molecule has 2 N–H and O–H groups in total. The molecule has 2 aromatic rings. The standard InChI is InChI=1S/C21H28N2O4S/c1-16(9-10-17-7-5-4-6-8-17)22-21(24)15-20(23-28(3,25)26)18-11-13-19(27-2)14-12-18/h4-8,11-14,16,20,23H,9-10,15H2,1-3H3,(H,22,24)/t16-,20-/m1/s1. The molecule has 1 amide bonds. The second kappa shape index (κ2) is 10.2. The molecule has 0 unspecified atom stereocenters. The van der Waals surface area contributed by atoms with Crippen molar-refractivity contribution >= 4 is 15.9 Å². The summed E-state index contributed by atoms with van der Waals surface area (Å²) < 4.78 is 31.1. The van der Waals surface area contributed by atoms with Crippen molar-refractivity contribution in [1.82, 2.24) is 10.0 Å². The summed E-state index contributed by atoms with van der Waals surface area (Å²) in [6.45, 7) is 1.95. The van der Waals surface area contributed by atoms with Gasteiger partial charge >= 0.3 is 0 Å². The summed E-state index contributed by atoms with van der Waals surface area (Å²) >= 11 is 0. The van der Waals surface area contributed by atoms with E-state index in [0.717, 1.165) is 19.1 Å². The van der Waals surface area contributed by atoms with Crippen molar-refractivity contribution in [2.75, 3.05) is 13.4 Å². The van der Waals surface area contributed by atoms with Crippen LogP contribution >= 0.6 is 0 Å². The van der Waals surface area contributed by atoms with E-state index >= 15 is 0 Å². The lowest BCUT2D eigenvalue weighted by Crippen LogP contribution is -2.37. The van der Waals surface area contributed by atoms with E-state index in [-0.39, 0.29) is 18.4 Å². The maximum Gasteiger partial charge on any atom is 0.222 e. The quantitative estimate of drug-likeness (QED) is 0.638. The van der Waals surface area contributed by atoms with Crippen LogP contribution in [0, 0.1) is 0 Å². The molecule has 0 saturated carbocycles. The first-order chi connectivity index (χ1) is 13.3. The molecular weight excluding hydrogens is 376 g/mol. The van der Waals surface area contributed by atoms with E-state index < -0.39 is 16.1 Å². The van der Waals surface area contributed by atoms with Crippen molar-refractivity contribution < 1.29 is 17.9 Å². The monoisotopic (exact) mass is 404 g/mol. The third-order valence-electron chi connectivity index (χ3n) is 4.38. The van der Waals surface area contributed by atoms with E-state index in [1.165, 1.54) is 5.56 Å². The van der Waals surface area contributed by atoms with Crippen LogP contribution in [0.15, 0.2) is 54.6 Å². The summed E-state index contributed by atoms with van der Waals surface area (Å²) in [4.78, 5) is 12.5. The van der Waals surface area contributed by atoms with Crippen molar-refractivity contribution in [3.8, 4) is 5.75 Å². The average molecular weight is 405 g/mol. The first-order valence-electron chi connectivity index (χ1n) is 9.21. The zero-order chi connectivity index (χ0) is 20.6. The minimum atomic E-state index is -3.47. The number of sulfonamides is 1. The van der Waals surface area contributed by atoms with Crippen LogP contribution < -0.4 is 14.8 Å². The summed E-state index contributed by atoms with van der Waals surface area (Å²) in [6.07, 6.45) is 2.78. The van der Waals surface area contributed by atoms with Gasteiger partial charge in [-0.2, -0.15) is 0 Å². The van der Waals surface area contributed by atoms with Crippen molar-refractivity contribution in [2.45, 2.75) is 38.3 Å². The highest BCUT2D eigenvalue weighted by Crippen LogP contribution is 2.21. The van der Waals surface area contributed by atoms with Crippen LogP contribution in [0.2, 0.25) is 0 Å². The molecule has 0 spiro atoms. The topological polar surface area (TPSA) is 84.5 Å². The van der Waals surface area contributed by atoms with Gasteiger partial charge in [-0.15, -0.1) is 0 Å². The molecule has 0 bridgehead atoms. The van der Waals surface area contributed by atoms with Gasteiger partial charge in [0, 0.05) is 12.5 Å². The Hall–Kier alpha value is -2.38. The van der Waals surface area contributed by atoms with Gasteiger partial charge in [0.25, 0.3) is 0 Å². The number of amides is 1. The summed E-state index contributed by atoms with van der Waals surface area (Å²) in [5.74, 6) is 0.471.